The summed E-state index contributed by atoms with van der Waals surface area (Å²) in [5.41, 5.74) is 0.499. The van der Waals surface area contributed by atoms with Gasteiger partial charge >= 0.3 is 0 Å². The van der Waals surface area contributed by atoms with E-state index in [9.17, 15) is 9.18 Å². The van der Waals surface area contributed by atoms with E-state index in [1.807, 2.05) is 13.0 Å². The molecular weight excluding hydrogens is 458 g/mol. The summed E-state index contributed by atoms with van der Waals surface area (Å²) < 4.78 is 34.9. The lowest BCUT2D eigenvalue weighted by atomic mass is 9.74. The fourth-order valence-electron chi connectivity index (χ4n) is 4.41. The van der Waals surface area contributed by atoms with Gasteiger partial charge in [0.25, 0.3) is 5.91 Å². The van der Waals surface area contributed by atoms with Crippen molar-refractivity contribution in [3.63, 3.8) is 0 Å². The maximum atomic E-state index is 15.0. The molecular formula is C25H22F2N4O2S. The minimum absolute atomic E-state index is 0.0734. The number of benzene rings is 2. The number of hydrogen-bond acceptors (Lipinski definition) is 6. The van der Waals surface area contributed by atoms with Crippen molar-refractivity contribution in [1.82, 2.24) is 15.3 Å². The zero-order valence-electron chi connectivity index (χ0n) is 18.4. The molecule has 9 heteroatoms. The Labute approximate surface area is 199 Å². The number of aliphatic imine (C=N–C) groups is 1. The van der Waals surface area contributed by atoms with Crippen LogP contribution in [0.25, 0.3) is 0 Å². The van der Waals surface area contributed by atoms with Gasteiger partial charge in [0.1, 0.15) is 23.0 Å². The predicted octanol–water partition coefficient (Wildman–Crippen LogP) is 4.57. The molecule has 0 radical (unpaired) electrons. The zero-order valence-corrected chi connectivity index (χ0v) is 19.2. The van der Waals surface area contributed by atoms with Crippen LogP contribution < -0.4 is 5.32 Å². The summed E-state index contributed by atoms with van der Waals surface area (Å²) in [5.74, 6) is -0.514. The summed E-state index contributed by atoms with van der Waals surface area (Å²) in [6.45, 7) is 1.88. The highest BCUT2D eigenvalue weighted by molar-refractivity contribution is 8.13. The van der Waals surface area contributed by atoms with Crippen molar-refractivity contribution >= 4 is 22.8 Å². The number of hydrogen-bond donors (Lipinski definition) is 1. The minimum Gasteiger partial charge on any atom is -0.370 e. The molecule has 1 fully saturated rings. The minimum atomic E-state index is -1.09. The van der Waals surface area contributed by atoms with Gasteiger partial charge in [0, 0.05) is 46.8 Å². The van der Waals surface area contributed by atoms with E-state index in [-0.39, 0.29) is 30.1 Å². The van der Waals surface area contributed by atoms with E-state index in [0.717, 1.165) is 11.6 Å². The van der Waals surface area contributed by atoms with Gasteiger partial charge in [-0.3, -0.25) is 4.79 Å². The predicted molar refractivity (Wildman–Crippen MR) is 125 cm³/mol. The first-order valence-corrected chi connectivity index (χ1v) is 11.9. The van der Waals surface area contributed by atoms with Crippen molar-refractivity contribution in [2.45, 2.75) is 25.0 Å². The Hall–Kier alpha value is -3.17. The summed E-state index contributed by atoms with van der Waals surface area (Å²) >= 11 is 1.41. The van der Waals surface area contributed by atoms with Crippen LogP contribution in [0.5, 0.6) is 0 Å². The van der Waals surface area contributed by atoms with Crippen molar-refractivity contribution in [3.05, 3.63) is 95.1 Å². The Balaban J connectivity index is 1.49. The Morgan fingerprint density at radius 1 is 1.15 bits per heavy atom. The lowest BCUT2D eigenvalue weighted by Crippen LogP contribution is -2.49. The van der Waals surface area contributed by atoms with E-state index in [4.69, 9.17) is 9.73 Å². The van der Waals surface area contributed by atoms with Gasteiger partial charge in [-0.1, -0.05) is 36.0 Å². The van der Waals surface area contributed by atoms with Crippen LogP contribution in [-0.2, 0) is 10.3 Å². The van der Waals surface area contributed by atoms with E-state index in [1.165, 1.54) is 23.9 Å². The number of carbonyl (C=O) groups excluding carboxylic acids is 1. The fourth-order valence-corrected chi connectivity index (χ4v) is 5.58. The molecule has 5 rings (SSSR count). The number of nitrogens with one attached hydrogen (secondary N) is 1. The molecule has 0 aliphatic carbocycles. The van der Waals surface area contributed by atoms with E-state index >= 15 is 4.39 Å². The second-order valence-electron chi connectivity index (χ2n) is 8.39. The monoisotopic (exact) mass is 480 g/mol. The summed E-state index contributed by atoms with van der Waals surface area (Å²) in [7, 11) is 0. The number of carbonyl (C=O) groups is 1. The van der Waals surface area contributed by atoms with Crippen molar-refractivity contribution in [2.24, 2.45) is 10.9 Å². The van der Waals surface area contributed by atoms with Crippen molar-refractivity contribution < 1.29 is 18.3 Å². The first kappa shape index (κ1) is 22.6. The number of aryl methyl sites for hydroxylation is 1. The number of rotatable bonds is 3. The fraction of sp³-hybridized carbons (Fsp3) is 0.280. The quantitative estimate of drug-likeness (QED) is 0.594. The van der Waals surface area contributed by atoms with Crippen LogP contribution in [-0.4, -0.2) is 33.4 Å². The first-order valence-electron chi connectivity index (χ1n) is 10.9. The summed E-state index contributed by atoms with van der Waals surface area (Å²) in [6, 6.07) is 12.3. The Bertz CT molecular complexity index is 1240. The zero-order chi connectivity index (χ0) is 23.7. The first-order chi connectivity index (χ1) is 16.4. The summed E-state index contributed by atoms with van der Waals surface area (Å²) in [6.07, 6.45) is 3.77. The number of thioether (sulfide) groups is 1. The highest BCUT2D eigenvalue weighted by atomic mass is 32.2. The lowest BCUT2D eigenvalue weighted by Gasteiger charge is -2.46. The molecule has 2 aromatic carbocycles. The number of aromatic nitrogens is 2. The van der Waals surface area contributed by atoms with Crippen LogP contribution in [0, 0.1) is 24.5 Å². The Morgan fingerprint density at radius 3 is 2.65 bits per heavy atom. The molecule has 1 N–H and O–H groups in total. The second kappa shape index (κ2) is 9.23. The molecule has 2 aliphatic rings. The van der Waals surface area contributed by atoms with Gasteiger partial charge in [-0.25, -0.2) is 23.7 Å². The maximum Gasteiger partial charge on any atom is 0.257 e. The van der Waals surface area contributed by atoms with Gasteiger partial charge < -0.3 is 10.1 Å². The molecule has 0 saturated carbocycles. The van der Waals surface area contributed by atoms with E-state index in [2.05, 4.69) is 15.3 Å². The van der Waals surface area contributed by atoms with Crippen LogP contribution >= 0.6 is 11.8 Å². The molecule has 0 unspecified atom stereocenters. The van der Waals surface area contributed by atoms with Gasteiger partial charge in [-0.2, -0.15) is 0 Å². The van der Waals surface area contributed by atoms with Crippen LogP contribution in [0.1, 0.15) is 39.8 Å². The van der Waals surface area contributed by atoms with Gasteiger partial charge in [0.15, 0.2) is 5.17 Å². The number of ether oxygens (including phenoxy) is 1. The van der Waals surface area contributed by atoms with Gasteiger partial charge in [0.2, 0.25) is 0 Å². The molecule has 3 atom stereocenters. The van der Waals surface area contributed by atoms with Crippen molar-refractivity contribution in [2.75, 3.05) is 12.4 Å². The third kappa shape index (κ3) is 4.33. The SMILES string of the molecule is Cc1ncc([C@H]2C[C@H]3CSC(NC(=O)c4ccccc4)=N[C@@]3(c3ccc(F)cc3F)CO2)cn1. The third-order valence-corrected chi connectivity index (χ3v) is 7.26. The normalized spacial score (nSPS) is 24.1. The van der Waals surface area contributed by atoms with Gasteiger partial charge in [0.05, 0.1) is 12.7 Å². The Kier molecular flexibility index (Phi) is 6.14. The smallest absolute Gasteiger partial charge is 0.257 e. The maximum absolute atomic E-state index is 15.0. The number of nitrogens with zero attached hydrogens (tertiary/aromatic N) is 3. The molecule has 2 aliphatic heterocycles. The highest BCUT2D eigenvalue weighted by Gasteiger charge is 2.50. The third-order valence-electron chi connectivity index (χ3n) is 6.23. The molecule has 174 valence electrons. The molecule has 6 nitrogen and oxygen atoms in total. The molecule has 0 bridgehead atoms. The summed E-state index contributed by atoms with van der Waals surface area (Å²) in [4.78, 5) is 26.1. The topological polar surface area (TPSA) is 76.5 Å². The molecule has 1 amide bonds. The summed E-state index contributed by atoms with van der Waals surface area (Å²) in [5, 5.41) is 3.23. The standard InChI is InChI=1S/C25H22F2N4O2S/c1-15-28-11-17(12-29-15)22-9-18-13-34-24(30-23(32)16-5-3-2-4-6-16)31-25(18,14-33-22)20-8-7-19(26)10-21(20)27/h2-8,10-12,18,22H,9,13-14H2,1H3,(H,30,31,32)/t18-,22+,25-/m0/s1. The Morgan fingerprint density at radius 2 is 1.91 bits per heavy atom. The average Bonchev–Trinajstić information content (AvgIpc) is 2.84. The van der Waals surface area contributed by atoms with E-state index in [1.54, 1.807) is 36.7 Å². The molecule has 3 heterocycles. The molecule has 1 aromatic heterocycles. The largest absolute Gasteiger partial charge is 0.370 e. The number of amides is 1. The lowest BCUT2D eigenvalue weighted by molar-refractivity contribution is -0.0591. The average molecular weight is 481 g/mol. The van der Waals surface area contributed by atoms with Crippen LogP contribution in [0.3, 0.4) is 0 Å². The highest BCUT2D eigenvalue weighted by Crippen LogP contribution is 2.49. The number of halogens is 2. The molecule has 34 heavy (non-hydrogen) atoms. The number of fused-ring (bicyclic) bond motifs is 1. The van der Waals surface area contributed by atoms with Crippen LogP contribution in [0.15, 0.2) is 65.9 Å². The molecule has 1 saturated heterocycles. The molecule has 0 spiro atoms. The van der Waals surface area contributed by atoms with Crippen LogP contribution in [0.4, 0.5) is 8.78 Å². The van der Waals surface area contributed by atoms with Crippen molar-refractivity contribution in [1.29, 1.82) is 0 Å². The van der Waals surface area contributed by atoms with E-state index in [0.29, 0.717) is 28.7 Å². The van der Waals surface area contributed by atoms with Crippen LogP contribution in [0.2, 0.25) is 0 Å². The van der Waals surface area contributed by atoms with Gasteiger partial charge in [-0.15, -0.1) is 0 Å². The molecule has 3 aromatic rings. The number of amidine groups is 1. The van der Waals surface area contributed by atoms with Gasteiger partial charge in [-0.05, 0) is 31.5 Å². The second-order valence-corrected chi connectivity index (χ2v) is 9.40. The van der Waals surface area contributed by atoms with Crippen molar-refractivity contribution in [3.8, 4) is 0 Å². The van der Waals surface area contributed by atoms with E-state index < -0.39 is 17.2 Å².